The van der Waals surface area contributed by atoms with Crippen molar-refractivity contribution in [1.29, 1.82) is 0 Å². The minimum Gasteiger partial charge on any atom is -0.454 e. The van der Waals surface area contributed by atoms with Crippen molar-refractivity contribution in [3.63, 3.8) is 0 Å². The highest BCUT2D eigenvalue weighted by molar-refractivity contribution is 6.29. The van der Waals surface area contributed by atoms with Crippen LogP contribution in [0.2, 0.25) is 0 Å². The highest BCUT2D eigenvalue weighted by Crippen LogP contribution is 2.36. The van der Waals surface area contributed by atoms with Crippen LogP contribution in [0.15, 0.2) is 42.5 Å². The molecule has 2 aromatic carbocycles. The summed E-state index contributed by atoms with van der Waals surface area (Å²) in [5, 5.41) is 0. The van der Waals surface area contributed by atoms with E-state index in [1.165, 1.54) is 5.56 Å². The van der Waals surface area contributed by atoms with Crippen molar-refractivity contribution in [2.24, 2.45) is 0 Å². The number of aryl methyl sites for hydroxylation is 1. The van der Waals surface area contributed by atoms with Crippen LogP contribution in [-0.2, 0) is 17.8 Å². The predicted octanol–water partition coefficient (Wildman–Crippen LogP) is 4.14. The topological polar surface area (TPSA) is 38.8 Å². The number of nitrogens with zero attached hydrogens (tertiary/aromatic N) is 1. The summed E-state index contributed by atoms with van der Waals surface area (Å²) in [4.78, 5) is 14.1. The van der Waals surface area contributed by atoms with Gasteiger partial charge < -0.3 is 14.4 Å². The normalized spacial score (nSPS) is 12.2. The van der Waals surface area contributed by atoms with Crippen LogP contribution in [0, 0.1) is 0 Å². The third-order valence-corrected chi connectivity index (χ3v) is 4.28. The third-order valence-electron chi connectivity index (χ3n) is 4.05. The number of anilines is 1. The van der Waals surface area contributed by atoms with Gasteiger partial charge in [-0.1, -0.05) is 37.6 Å². The first-order valence-corrected chi connectivity index (χ1v) is 8.59. The summed E-state index contributed by atoms with van der Waals surface area (Å²) < 4.78 is 10.8. The molecule has 4 nitrogen and oxygen atoms in total. The lowest BCUT2D eigenvalue weighted by Crippen LogP contribution is -2.31. The lowest BCUT2D eigenvalue weighted by molar-refractivity contribution is -0.116. The number of ether oxygens (including phenoxy) is 2. The second-order valence-corrected chi connectivity index (χ2v) is 5.94. The Kier molecular flexibility index (Phi) is 5.26. The van der Waals surface area contributed by atoms with Gasteiger partial charge in [0.2, 0.25) is 12.7 Å². The number of alkyl halides is 1. The van der Waals surface area contributed by atoms with Crippen molar-refractivity contribution in [3.05, 3.63) is 53.6 Å². The zero-order chi connectivity index (χ0) is 16.9. The molecule has 0 saturated carbocycles. The van der Waals surface area contributed by atoms with Crippen molar-refractivity contribution >= 4 is 23.2 Å². The van der Waals surface area contributed by atoms with Crippen LogP contribution in [0.1, 0.15) is 24.5 Å². The van der Waals surface area contributed by atoms with Gasteiger partial charge in [0.1, 0.15) is 5.88 Å². The van der Waals surface area contributed by atoms with E-state index in [2.05, 4.69) is 19.1 Å². The first-order chi connectivity index (χ1) is 11.7. The predicted molar refractivity (Wildman–Crippen MR) is 94.9 cm³/mol. The number of carbonyl (C=O) groups excluding carboxylic acids is 1. The number of rotatable bonds is 6. The Morgan fingerprint density at radius 3 is 2.62 bits per heavy atom. The standard InChI is InChI=1S/C19H20ClNO3/c1-2-5-14-6-3-4-7-15(14)12-21(19(22)11-20)16-8-9-17-18(10-16)24-13-23-17/h3-4,6-10H,2,5,11-13H2,1H3. The molecule has 1 aliphatic heterocycles. The summed E-state index contributed by atoms with van der Waals surface area (Å²) >= 11 is 5.83. The highest BCUT2D eigenvalue weighted by Gasteiger charge is 2.20. The molecule has 1 heterocycles. The SMILES string of the molecule is CCCc1ccccc1CN(C(=O)CCl)c1ccc2c(c1)OCO2. The van der Waals surface area contributed by atoms with E-state index in [0.29, 0.717) is 18.0 Å². The van der Waals surface area contributed by atoms with Crippen molar-refractivity contribution in [3.8, 4) is 11.5 Å². The molecule has 1 aliphatic rings. The van der Waals surface area contributed by atoms with Crippen molar-refractivity contribution in [1.82, 2.24) is 0 Å². The summed E-state index contributed by atoms with van der Waals surface area (Å²) in [5.74, 6) is 1.15. The van der Waals surface area contributed by atoms with Crippen LogP contribution in [0.25, 0.3) is 0 Å². The number of carbonyl (C=O) groups is 1. The zero-order valence-electron chi connectivity index (χ0n) is 13.6. The molecule has 3 rings (SSSR count). The minimum atomic E-state index is -0.137. The molecule has 0 spiro atoms. The number of halogens is 1. The first-order valence-electron chi connectivity index (χ1n) is 8.05. The average Bonchev–Trinajstić information content (AvgIpc) is 3.08. The van der Waals surface area contributed by atoms with Crippen LogP contribution in [0.3, 0.4) is 0 Å². The van der Waals surface area contributed by atoms with Crippen molar-refractivity contribution in [2.45, 2.75) is 26.3 Å². The van der Waals surface area contributed by atoms with Crippen LogP contribution in [-0.4, -0.2) is 18.6 Å². The molecule has 24 heavy (non-hydrogen) atoms. The molecule has 0 atom stereocenters. The summed E-state index contributed by atoms with van der Waals surface area (Å²) in [7, 11) is 0. The molecule has 0 fully saturated rings. The van der Waals surface area contributed by atoms with Gasteiger partial charge in [0.05, 0.1) is 6.54 Å². The quantitative estimate of drug-likeness (QED) is 0.738. The molecule has 126 valence electrons. The fourth-order valence-electron chi connectivity index (χ4n) is 2.84. The molecule has 0 bridgehead atoms. The number of benzene rings is 2. The monoisotopic (exact) mass is 345 g/mol. The maximum Gasteiger partial charge on any atom is 0.242 e. The lowest BCUT2D eigenvalue weighted by atomic mass is 10.0. The molecule has 2 aromatic rings. The van der Waals surface area contributed by atoms with E-state index >= 15 is 0 Å². The molecule has 0 saturated heterocycles. The number of amides is 1. The smallest absolute Gasteiger partial charge is 0.242 e. The third kappa shape index (κ3) is 3.49. The molecular formula is C19H20ClNO3. The summed E-state index contributed by atoms with van der Waals surface area (Å²) in [6.45, 7) is 2.85. The van der Waals surface area contributed by atoms with E-state index in [9.17, 15) is 4.79 Å². The van der Waals surface area contributed by atoms with Gasteiger partial charge in [-0.15, -0.1) is 11.6 Å². The largest absolute Gasteiger partial charge is 0.454 e. The molecule has 0 aromatic heterocycles. The molecule has 0 aliphatic carbocycles. The summed E-state index contributed by atoms with van der Waals surface area (Å²) in [6, 6.07) is 13.7. The Labute approximate surface area is 146 Å². The maximum absolute atomic E-state index is 12.4. The second-order valence-electron chi connectivity index (χ2n) is 5.67. The second kappa shape index (κ2) is 7.58. The van der Waals surface area contributed by atoms with Gasteiger partial charge in [-0.2, -0.15) is 0 Å². The molecule has 0 N–H and O–H groups in total. The molecular weight excluding hydrogens is 326 g/mol. The Bertz CT molecular complexity index is 732. The van der Waals surface area contributed by atoms with Gasteiger partial charge in [-0.3, -0.25) is 4.79 Å². The van der Waals surface area contributed by atoms with Crippen molar-refractivity contribution < 1.29 is 14.3 Å². The van der Waals surface area contributed by atoms with Crippen LogP contribution < -0.4 is 14.4 Å². The Hall–Kier alpha value is -2.20. The van der Waals surface area contributed by atoms with E-state index < -0.39 is 0 Å². The van der Waals surface area contributed by atoms with E-state index in [0.717, 1.165) is 24.1 Å². The van der Waals surface area contributed by atoms with Gasteiger partial charge in [-0.05, 0) is 29.7 Å². The van der Waals surface area contributed by atoms with E-state index in [1.807, 2.05) is 30.3 Å². The van der Waals surface area contributed by atoms with Gasteiger partial charge in [0, 0.05) is 11.8 Å². The zero-order valence-corrected chi connectivity index (χ0v) is 14.4. The van der Waals surface area contributed by atoms with Gasteiger partial charge >= 0.3 is 0 Å². The fourth-order valence-corrected chi connectivity index (χ4v) is 2.99. The van der Waals surface area contributed by atoms with Gasteiger partial charge in [0.15, 0.2) is 11.5 Å². The fraction of sp³-hybridized carbons (Fsp3) is 0.316. The minimum absolute atomic E-state index is 0.0651. The van der Waals surface area contributed by atoms with Crippen LogP contribution in [0.4, 0.5) is 5.69 Å². The average molecular weight is 346 g/mol. The van der Waals surface area contributed by atoms with Gasteiger partial charge in [0.25, 0.3) is 0 Å². The van der Waals surface area contributed by atoms with E-state index in [-0.39, 0.29) is 18.6 Å². The highest BCUT2D eigenvalue weighted by atomic mass is 35.5. The van der Waals surface area contributed by atoms with E-state index in [1.54, 1.807) is 4.90 Å². The number of hydrogen-bond donors (Lipinski definition) is 0. The van der Waals surface area contributed by atoms with Crippen molar-refractivity contribution in [2.75, 3.05) is 17.6 Å². The number of fused-ring (bicyclic) bond motifs is 1. The first kappa shape index (κ1) is 16.7. The Morgan fingerprint density at radius 2 is 1.88 bits per heavy atom. The maximum atomic E-state index is 12.4. The summed E-state index contributed by atoms with van der Waals surface area (Å²) in [6.07, 6.45) is 2.05. The van der Waals surface area contributed by atoms with E-state index in [4.69, 9.17) is 21.1 Å². The molecule has 1 amide bonds. The molecule has 5 heteroatoms. The molecule has 0 radical (unpaired) electrons. The Morgan fingerprint density at radius 1 is 1.12 bits per heavy atom. The Balaban J connectivity index is 1.92. The molecule has 0 unspecified atom stereocenters. The van der Waals surface area contributed by atoms with Gasteiger partial charge in [-0.25, -0.2) is 0 Å². The number of hydrogen-bond acceptors (Lipinski definition) is 3. The summed E-state index contributed by atoms with van der Waals surface area (Å²) in [5.41, 5.74) is 3.15. The van der Waals surface area contributed by atoms with Crippen LogP contribution >= 0.6 is 11.6 Å². The lowest BCUT2D eigenvalue weighted by Gasteiger charge is -2.23. The van der Waals surface area contributed by atoms with Crippen LogP contribution in [0.5, 0.6) is 11.5 Å².